The number of nitrogens with zero attached hydrogens (tertiary/aromatic N) is 6. The highest BCUT2D eigenvalue weighted by atomic mass is 16.7. The smallest absolute Gasteiger partial charge is 0.251 e. The van der Waals surface area contributed by atoms with Crippen molar-refractivity contribution in [3.05, 3.63) is 82.9 Å². The Morgan fingerprint density at radius 2 is 2.05 bits per heavy atom. The number of ether oxygens (including phenoxy) is 3. The van der Waals surface area contributed by atoms with Gasteiger partial charge in [0.05, 0.1) is 25.0 Å². The monoisotopic (exact) mass is 499 g/mol. The summed E-state index contributed by atoms with van der Waals surface area (Å²) in [5.41, 5.74) is 4.13. The van der Waals surface area contributed by atoms with Crippen LogP contribution in [0.3, 0.4) is 0 Å². The van der Waals surface area contributed by atoms with Gasteiger partial charge in [0.25, 0.3) is 5.91 Å². The summed E-state index contributed by atoms with van der Waals surface area (Å²) in [4.78, 5) is 19.1. The minimum Gasteiger partial charge on any atom is -0.492 e. The summed E-state index contributed by atoms with van der Waals surface area (Å²) in [5, 5.41) is 15.5. The zero-order chi connectivity index (χ0) is 25.4. The van der Waals surface area contributed by atoms with E-state index in [9.17, 15) is 4.79 Å². The number of likely N-dealkylation sites (N-methyl/N-ethyl adjacent to an activating group) is 1. The largest absolute Gasteiger partial charge is 0.492 e. The van der Waals surface area contributed by atoms with Gasteiger partial charge in [0.1, 0.15) is 6.04 Å². The van der Waals surface area contributed by atoms with Crippen LogP contribution in [0.25, 0.3) is 5.69 Å². The van der Waals surface area contributed by atoms with Gasteiger partial charge in [0, 0.05) is 23.9 Å². The van der Waals surface area contributed by atoms with Gasteiger partial charge < -0.3 is 19.5 Å². The number of carbonyl (C=O) groups is 1. The second-order valence-corrected chi connectivity index (χ2v) is 8.85. The summed E-state index contributed by atoms with van der Waals surface area (Å²) in [6, 6.07) is 14.5. The third-order valence-electron chi connectivity index (χ3n) is 6.66. The van der Waals surface area contributed by atoms with E-state index in [2.05, 4.69) is 30.7 Å². The Balaban J connectivity index is 1.30. The molecule has 4 aromatic rings. The van der Waals surface area contributed by atoms with Crippen LogP contribution in [-0.2, 0) is 13.0 Å². The normalized spacial score (nSPS) is 16.3. The molecule has 0 saturated carbocycles. The summed E-state index contributed by atoms with van der Waals surface area (Å²) in [7, 11) is 3.66. The Morgan fingerprint density at radius 1 is 1.19 bits per heavy atom. The van der Waals surface area contributed by atoms with E-state index in [0.29, 0.717) is 35.2 Å². The van der Waals surface area contributed by atoms with Crippen LogP contribution in [0.5, 0.6) is 17.2 Å². The molecule has 0 bridgehead atoms. The number of aromatic nitrogens is 5. The number of rotatable bonds is 6. The molecule has 0 radical (unpaired) electrons. The van der Waals surface area contributed by atoms with Crippen LogP contribution in [-0.4, -0.2) is 63.5 Å². The number of carbonyl (C=O) groups excluding carboxylic acids is 1. The molecule has 1 atom stereocenters. The van der Waals surface area contributed by atoms with E-state index in [4.69, 9.17) is 14.2 Å². The van der Waals surface area contributed by atoms with Gasteiger partial charge in [-0.15, -0.1) is 5.10 Å². The Kier molecular flexibility index (Phi) is 5.89. The minimum absolute atomic E-state index is 0.161. The first-order valence-electron chi connectivity index (χ1n) is 11.9. The molecule has 0 saturated heterocycles. The van der Waals surface area contributed by atoms with Crippen molar-refractivity contribution in [2.24, 2.45) is 0 Å². The third kappa shape index (κ3) is 4.12. The number of hydrogen-bond acceptors (Lipinski definition) is 9. The fourth-order valence-corrected chi connectivity index (χ4v) is 4.84. The molecule has 2 aliphatic heterocycles. The standard InChI is InChI=1S/C26H25N7O4/c1-32-12-10-17-13-20-23(37-15-36-20)24(35-2)21(17)22(32)25-29-30-31-33(25)19-8-6-16(7-9-19)26(34)28-14-18-5-3-4-11-27-18/h3-9,11,13,22H,10,12,14-15H2,1-2H3,(H,28,34)/t22-/m0/s1. The van der Waals surface area contributed by atoms with Crippen molar-refractivity contribution < 1.29 is 19.0 Å². The fraction of sp³-hybridized carbons (Fsp3) is 0.269. The molecule has 6 rings (SSSR count). The maximum atomic E-state index is 12.6. The number of amides is 1. The lowest BCUT2D eigenvalue weighted by Crippen LogP contribution is -2.35. The molecule has 0 spiro atoms. The Hall–Kier alpha value is -4.51. The molecule has 1 N–H and O–H groups in total. The zero-order valence-corrected chi connectivity index (χ0v) is 20.4. The summed E-state index contributed by atoms with van der Waals surface area (Å²) < 4.78 is 18.9. The van der Waals surface area contributed by atoms with Gasteiger partial charge in [-0.05, 0) is 71.9 Å². The van der Waals surface area contributed by atoms with E-state index >= 15 is 0 Å². The molecule has 2 aromatic carbocycles. The predicted octanol–water partition coefficient (Wildman–Crippen LogP) is 2.30. The highest BCUT2D eigenvalue weighted by Crippen LogP contribution is 2.50. The minimum atomic E-state index is -0.274. The van der Waals surface area contributed by atoms with Crippen LogP contribution in [0, 0.1) is 0 Å². The van der Waals surface area contributed by atoms with Crippen molar-refractivity contribution in [1.82, 2.24) is 35.4 Å². The molecule has 2 aliphatic rings. The summed E-state index contributed by atoms with van der Waals surface area (Å²) in [5.74, 6) is 2.37. The molecule has 37 heavy (non-hydrogen) atoms. The van der Waals surface area contributed by atoms with Gasteiger partial charge >= 0.3 is 0 Å². The van der Waals surface area contributed by atoms with E-state index in [0.717, 1.165) is 35.5 Å². The summed E-state index contributed by atoms with van der Waals surface area (Å²) in [6.07, 6.45) is 2.53. The molecule has 11 nitrogen and oxygen atoms in total. The average Bonchev–Trinajstić information content (AvgIpc) is 3.61. The first-order chi connectivity index (χ1) is 18.1. The van der Waals surface area contributed by atoms with Crippen LogP contribution in [0.15, 0.2) is 54.7 Å². The lowest BCUT2D eigenvalue weighted by Gasteiger charge is -2.34. The zero-order valence-electron chi connectivity index (χ0n) is 20.4. The van der Waals surface area contributed by atoms with E-state index in [1.54, 1.807) is 30.1 Å². The third-order valence-corrected chi connectivity index (χ3v) is 6.66. The molecule has 4 heterocycles. The molecule has 0 aliphatic carbocycles. The number of benzene rings is 2. The highest BCUT2D eigenvalue weighted by molar-refractivity contribution is 5.94. The van der Waals surface area contributed by atoms with Gasteiger partial charge in [0.15, 0.2) is 17.3 Å². The summed E-state index contributed by atoms with van der Waals surface area (Å²) in [6.45, 7) is 1.32. The molecule has 1 amide bonds. The van der Waals surface area contributed by atoms with Gasteiger partial charge in [-0.25, -0.2) is 0 Å². The van der Waals surface area contributed by atoms with Gasteiger partial charge in [-0.1, -0.05) is 6.07 Å². The van der Waals surface area contributed by atoms with Crippen LogP contribution >= 0.6 is 0 Å². The van der Waals surface area contributed by atoms with Crippen LogP contribution in [0.4, 0.5) is 0 Å². The van der Waals surface area contributed by atoms with Gasteiger partial charge in [-0.3, -0.25) is 14.7 Å². The average molecular weight is 500 g/mol. The first-order valence-corrected chi connectivity index (χ1v) is 11.9. The van der Waals surface area contributed by atoms with Crippen molar-refractivity contribution in [1.29, 1.82) is 0 Å². The molecule has 2 aromatic heterocycles. The topological polar surface area (TPSA) is 117 Å². The van der Waals surface area contributed by atoms with Crippen molar-refractivity contribution in [3.8, 4) is 22.9 Å². The van der Waals surface area contributed by atoms with Crippen molar-refractivity contribution in [2.45, 2.75) is 19.0 Å². The number of methoxy groups -OCH3 is 1. The Bertz CT molecular complexity index is 1440. The fourth-order valence-electron chi connectivity index (χ4n) is 4.84. The van der Waals surface area contributed by atoms with Gasteiger partial charge in [-0.2, -0.15) is 4.68 Å². The second kappa shape index (κ2) is 9.51. The Labute approximate surface area is 213 Å². The summed E-state index contributed by atoms with van der Waals surface area (Å²) >= 11 is 0. The van der Waals surface area contributed by atoms with E-state index in [1.165, 1.54) is 0 Å². The lowest BCUT2D eigenvalue weighted by molar-refractivity contribution is 0.0950. The van der Waals surface area contributed by atoms with Crippen LogP contribution in [0.2, 0.25) is 0 Å². The number of tetrazole rings is 1. The van der Waals surface area contributed by atoms with Crippen molar-refractivity contribution >= 4 is 5.91 Å². The number of nitrogens with one attached hydrogen (secondary N) is 1. The van der Waals surface area contributed by atoms with Gasteiger partial charge in [0.2, 0.25) is 12.5 Å². The van der Waals surface area contributed by atoms with Crippen LogP contribution < -0.4 is 19.5 Å². The molecule has 11 heteroatoms. The number of pyridine rings is 1. The quantitative estimate of drug-likeness (QED) is 0.426. The van der Waals surface area contributed by atoms with E-state index in [-0.39, 0.29) is 18.7 Å². The predicted molar refractivity (Wildman–Crippen MR) is 132 cm³/mol. The lowest BCUT2D eigenvalue weighted by atomic mass is 9.90. The maximum Gasteiger partial charge on any atom is 0.251 e. The number of hydrogen-bond donors (Lipinski definition) is 1. The van der Waals surface area contributed by atoms with E-state index in [1.807, 2.05) is 43.4 Å². The molecule has 0 unspecified atom stereocenters. The molecule has 0 fully saturated rings. The highest BCUT2D eigenvalue weighted by Gasteiger charge is 2.37. The van der Waals surface area contributed by atoms with Crippen LogP contribution in [0.1, 0.15) is 39.0 Å². The first kappa shape index (κ1) is 22.9. The molecular formula is C26H25N7O4. The van der Waals surface area contributed by atoms with Crippen molar-refractivity contribution in [2.75, 3.05) is 27.5 Å². The van der Waals surface area contributed by atoms with E-state index < -0.39 is 0 Å². The second-order valence-electron chi connectivity index (χ2n) is 8.85. The molecule has 188 valence electrons. The number of fused-ring (bicyclic) bond motifs is 2. The van der Waals surface area contributed by atoms with Crippen molar-refractivity contribution in [3.63, 3.8) is 0 Å². The molecular weight excluding hydrogens is 474 g/mol. The SMILES string of the molecule is COc1c2c(cc3c1[C@@H](c1nnnn1-c1ccc(C(=O)NCc4ccccn4)cc1)N(C)CC3)OCO2. The maximum absolute atomic E-state index is 12.6. The Morgan fingerprint density at radius 3 is 2.84 bits per heavy atom.